The average molecular weight is 396 g/mol. The van der Waals surface area contributed by atoms with E-state index in [0.717, 1.165) is 11.8 Å². The van der Waals surface area contributed by atoms with Gasteiger partial charge in [0.25, 0.3) is 11.5 Å². The Morgan fingerprint density at radius 1 is 1.21 bits per heavy atom. The Labute approximate surface area is 166 Å². The van der Waals surface area contributed by atoms with Crippen molar-refractivity contribution in [3.8, 4) is 0 Å². The molecule has 0 radical (unpaired) electrons. The zero-order chi connectivity index (χ0) is 20.5. The highest BCUT2D eigenvalue weighted by Gasteiger charge is 2.51. The number of nitrogens with zero attached hydrogens (tertiary/aromatic N) is 3. The van der Waals surface area contributed by atoms with Crippen molar-refractivity contribution < 1.29 is 19.1 Å². The van der Waals surface area contributed by atoms with Crippen molar-refractivity contribution >= 4 is 17.8 Å². The van der Waals surface area contributed by atoms with Crippen LogP contribution in [-0.4, -0.2) is 63.8 Å². The van der Waals surface area contributed by atoms with Gasteiger partial charge in [0.1, 0.15) is 12.2 Å². The molecule has 3 atom stereocenters. The van der Waals surface area contributed by atoms with Gasteiger partial charge in [-0.15, -0.1) is 0 Å². The predicted octanol–water partition coefficient (Wildman–Crippen LogP) is 0.357. The van der Waals surface area contributed by atoms with Crippen LogP contribution in [0.1, 0.15) is 28.5 Å². The standard InChI is InChI=1S/C20H20N4O5/c1-29-20(28)14-7-13-10-23(19(27)15-8-22-16(25)9-21-15)11-17(26)24(13)18(14)12-5-3-2-4-6-12/h2-6,8-9,13-14,18H,7,10-11H2,1H3,(H,22,25)/t13-,14-,18-/m0/s1. The van der Waals surface area contributed by atoms with Crippen LogP contribution in [0, 0.1) is 5.92 Å². The van der Waals surface area contributed by atoms with Gasteiger partial charge in [0.2, 0.25) is 5.91 Å². The number of carbonyl (C=O) groups is 3. The number of hydrogen-bond donors (Lipinski definition) is 1. The van der Waals surface area contributed by atoms with Crippen LogP contribution in [0.4, 0.5) is 0 Å². The van der Waals surface area contributed by atoms with E-state index >= 15 is 0 Å². The Morgan fingerprint density at radius 2 is 1.97 bits per heavy atom. The first-order valence-electron chi connectivity index (χ1n) is 9.27. The molecule has 2 saturated heterocycles. The first-order valence-corrected chi connectivity index (χ1v) is 9.27. The van der Waals surface area contributed by atoms with Gasteiger partial charge in [0.15, 0.2) is 0 Å². The van der Waals surface area contributed by atoms with Crippen LogP contribution in [0.5, 0.6) is 0 Å². The third-order valence-electron chi connectivity index (χ3n) is 5.47. The smallest absolute Gasteiger partial charge is 0.311 e. The van der Waals surface area contributed by atoms with E-state index in [-0.39, 0.29) is 36.7 Å². The van der Waals surface area contributed by atoms with Crippen LogP contribution in [0.2, 0.25) is 0 Å². The number of carbonyl (C=O) groups excluding carboxylic acids is 3. The molecule has 0 bridgehead atoms. The average Bonchev–Trinajstić information content (AvgIpc) is 3.14. The summed E-state index contributed by atoms with van der Waals surface area (Å²) in [5.41, 5.74) is 0.513. The van der Waals surface area contributed by atoms with Crippen molar-refractivity contribution in [1.82, 2.24) is 19.8 Å². The number of fused-ring (bicyclic) bond motifs is 1. The number of rotatable bonds is 3. The second-order valence-corrected chi connectivity index (χ2v) is 7.16. The molecule has 1 aromatic carbocycles. The van der Waals surface area contributed by atoms with Gasteiger partial charge in [-0.3, -0.25) is 19.2 Å². The molecule has 2 amide bonds. The van der Waals surface area contributed by atoms with Crippen molar-refractivity contribution in [3.05, 3.63) is 64.3 Å². The van der Waals surface area contributed by atoms with Crippen LogP contribution in [0.25, 0.3) is 0 Å². The van der Waals surface area contributed by atoms with Gasteiger partial charge >= 0.3 is 5.97 Å². The molecule has 0 unspecified atom stereocenters. The Bertz CT molecular complexity index is 985. The van der Waals surface area contributed by atoms with Crippen molar-refractivity contribution in [2.45, 2.75) is 18.5 Å². The number of nitrogens with one attached hydrogen (secondary N) is 1. The minimum atomic E-state index is -0.502. The van der Waals surface area contributed by atoms with Gasteiger partial charge in [-0.2, -0.15) is 0 Å². The van der Waals surface area contributed by atoms with Crippen molar-refractivity contribution in [1.29, 1.82) is 0 Å². The summed E-state index contributed by atoms with van der Waals surface area (Å²) in [4.78, 5) is 58.8. The third kappa shape index (κ3) is 3.39. The topological polar surface area (TPSA) is 113 Å². The number of aromatic amines is 1. The summed E-state index contributed by atoms with van der Waals surface area (Å²) in [6.45, 7) is 0.162. The Kier molecular flexibility index (Phi) is 4.87. The SMILES string of the molecule is COC(=O)[C@H]1C[C@H]2CN(C(=O)c3c[nH]c(=O)cn3)CC(=O)N2[C@H]1c1ccccc1. The van der Waals surface area contributed by atoms with Crippen LogP contribution < -0.4 is 5.56 Å². The van der Waals surface area contributed by atoms with Crippen LogP contribution in [0.3, 0.4) is 0 Å². The first kappa shape index (κ1) is 18.9. The number of hydrogen-bond acceptors (Lipinski definition) is 6. The third-order valence-corrected chi connectivity index (χ3v) is 5.47. The molecule has 0 aliphatic carbocycles. The minimum Gasteiger partial charge on any atom is -0.469 e. The van der Waals surface area contributed by atoms with E-state index in [1.165, 1.54) is 18.2 Å². The number of aromatic nitrogens is 2. The summed E-state index contributed by atoms with van der Waals surface area (Å²) in [5, 5.41) is 0. The van der Waals surface area contributed by atoms with E-state index in [1.807, 2.05) is 30.3 Å². The monoisotopic (exact) mass is 396 g/mol. The predicted molar refractivity (Wildman–Crippen MR) is 101 cm³/mol. The number of amides is 2. The second kappa shape index (κ2) is 7.50. The van der Waals surface area contributed by atoms with E-state index in [1.54, 1.807) is 4.90 Å². The zero-order valence-corrected chi connectivity index (χ0v) is 15.8. The Hall–Kier alpha value is -3.49. The molecule has 2 aliphatic rings. The summed E-state index contributed by atoms with van der Waals surface area (Å²) in [6.07, 6.45) is 2.67. The number of H-pyrrole nitrogens is 1. The number of esters is 1. The van der Waals surface area contributed by atoms with E-state index in [0.29, 0.717) is 6.42 Å². The molecule has 2 fully saturated rings. The molecule has 150 valence electrons. The zero-order valence-electron chi connectivity index (χ0n) is 15.8. The van der Waals surface area contributed by atoms with Gasteiger partial charge < -0.3 is 19.5 Å². The van der Waals surface area contributed by atoms with Gasteiger partial charge in [-0.25, -0.2) is 4.98 Å². The summed E-state index contributed by atoms with van der Waals surface area (Å²) < 4.78 is 4.98. The quantitative estimate of drug-likeness (QED) is 0.750. The van der Waals surface area contributed by atoms with Gasteiger partial charge in [-0.1, -0.05) is 30.3 Å². The lowest BCUT2D eigenvalue weighted by atomic mass is 9.93. The van der Waals surface area contributed by atoms with Crippen LogP contribution >= 0.6 is 0 Å². The fourth-order valence-electron chi connectivity index (χ4n) is 4.24. The molecule has 0 spiro atoms. The van der Waals surface area contributed by atoms with Crippen molar-refractivity contribution in [2.75, 3.05) is 20.2 Å². The van der Waals surface area contributed by atoms with Gasteiger partial charge in [-0.05, 0) is 12.0 Å². The molecular formula is C20H20N4O5. The summed E-state index contributed by atoms with van der Waals surface area (Å²) in [5.74, 6) is -1.55. The highest BCUT2D eigenvalue weighted by atomic mass is 16.5. The van der Waals surface area contributed by atoms with Crippen molar-refractivity contribution in [3.63, 3.8) is 0 Å². The maximum atomic E-state index is 13.0. The molecule has 2 aromatic rings. The second-order valence-electron chi connectivity index (χ2n) is 7.16. The Morgan fingerprint density at radius 3 is 2.62 bits per heavy atom. The normalized spacial score (nSPS) is 23.6. The van der Waals surface area contributed by atoms with E-state index < -0.39 is 23.4 Å². The molecule has 9 nitrogen and oxygen atoms in total. The molecule has 4 rings (SSSR count). The number of methoxy groups -OCH3 is 1. The molecular weight excluding hydrogens is 376 g/mol. The lowest BCUT2D eigenvalue weighted by Crippen LogP contribution is -2.56. The summed E-state index contributed by atoms with van der Waals surface area (Å²) >= 11 is 0. The maximum absolute atomic E-state index is 13.0. The van der Waals surface area contributed by atoms with Gasteiger partial charge in [0.05, 0.1) is 31.3 Å². The Balaban J connectivity index is 1.62. The molecule has 2 aliphatic heterocycles. The molecule has 9 heteroatoms. The first-order chi connectivity index (χ1) is 14.0. The van der Waals surface area contributed by atoms with Gasteiger partial charge in [0, 0.05) is 12.7 Å². The van der Waals surface area contributed by atoms with E-state index in [9.17, 15) is 19.2 Å². The van der Waals surface area contributed by atoms with Crippen LogP contribution in [0.15, 0.2) is 47.5 Å². The largest absolute Gasteiger partial charge is 0.469 e. The van der Waals surface area contributed by atoms with Crippen molar-refractivity contribution in [2.24, 2.45) is 5.92 Å². The molecule has 3 heterocycles. The summed E-state index contributed by atoms with van der Waals surface area (Å²) in [6, 6.07) is 8.64. The number of benzene rings is 1. The molecule has 0 saturated carbocycles. The maximum Gasteiger partial charge on any atom is 0.311 e. The molecule has 29 heavy (non-hydrogen) atoms. The number of ether oxygens (including phenoxy) is 1. The van der Waals surface area contributed by atoms with Crippen LogP contribution in [-0.2, 0) is 14.3 Å². The molecule has 1 N–H and O–H groups in total. The lowest BCUT2D eigenvalue weighted by Gasteiger charge is -2.39. The van der Waals surface area contributed by atoms with E-state index in [2.05, 4.69) is 9.97 Å². The highest BCUT2D eigenvalue weighted by Crippen LogP contribution is 2.43. The number of piperazine rings is 1. The molecule has 1 aromatic heterocycles. The minimum absolute atomic E-state index is 0.0629. The van der Waals surface area contributed by atoms with E-state index in [4.69, 9.17) is 4.74 Å². The lowest BCUT2D eigenvalue weighted by molar-refractivity contribution is -0.147. The highest BCUT2D eigenvalue weighted by molar-refractivity contribution is 5.95. The summed E-state index contributed by atoms with van der Waals surface area (Å²) in [7, 11) is 1.33. The fraction of sp³-hybridized carbons (Fsp3) is 0.350. The fourth-order valence-corrected chi connectivity index (χ4v) is 4.24.